The van der Waals surface area contributed by atoms with Crippen molar-refractivity contribution in [1.82, 2.24) is 0 Å². The Labute approximate surface area is 96.0 Å². The van der Waals surface area contributed by atoms with E-state index in [0.29, 0.717) is 13.2 Å². The van der Waals surface area contributed by atoms with Gasteiger partial charge in [-0.1, -0.05) is 12.1 Å². The molecule has 3 heteroatoms. The van der Waals surface area contributed by atoms with E-state index in [1.807, 2.05) is 38.1 Å². The van der Waals surface area contributed by atoms with Crippen LogP contribution in [0.15, 0.2) is 24.3 Å². The molecule has 1 fully saturated rings. The highest BCUT2D eigenvalue weighted by molar-refractivity contribution is 5.34. The zero-order chi connectivity index (χ0) is 11.6. The van der Waals surface area contributed by atoms with Gasteiger partial charge < -0.3 is 14.6 Å². The van der Waals surface area contributed by atoms with Crippen molar-refractivity contribution in [3.8, 4) is 5.75 Å². The summed E-state index contributed by atoms with van der Waals surface area (Å²) in [5, 5.41) is 9.39. The van der Waals surface area contributed by atoms with E-state index in [1.165, 1.54) is 0 Å². The zero-order valence-corrected chi connectivity index (χ0v) is 9.77. The molecule has 0 aliphatic carbocycles. The fraction of sp³-hybridized carbons (Fsp3) is 0.538. The molecule has 1 aliphatic heterocycles. The molecule has 0 saturated carbocycles. The maximum Gasteiger partial charge on any atom is 0.119 e. The van der Waals surface area contributed by atoms with Crippen molar-refractivity contribution < 1.29 is 14.6 Å². The maximum atomic E-state index is 9.39. The van der Waals surface area contributed by atoms with Crippen LogP contribution in [0.5, 0.6) is 5.75 Å². The van der Waals surface area contributed by atoms with Crippen LogP contribution < -0.4 is 4.74 Å². The van der Waals surface area contributed by atoms with Gasteiger partial charge in [0.15, 0.2) is 0 Å². The van der Waals surface area contributed by atoms with E-state index in [9.17, 15) is 5.11 Å². The fourth-order valence-corrected chi connectivity index (χ4v) is 1.86. The topological polar surface area (TPSA) is 38.7 Å². The number of hydrogen-bond donors (Lipinski definition) is 1. The minimum absolute atomic E-state index is 0.136. The minimum atomic E-state index is -0.184. The van der Waals surface area contributed by atoms with Gasteiger partial charge in [-0.15, -0.1) is 0 Å². The summed E-state index contributed by atoms with van der Waals surface area (Å²) < 4.78 is 10.8. The number of benzene rings is 1. The number of aliphatic hydroxyl groups is 1. The molecule has 16 heavy (non-hydrogen) atoms. The Morgan fingerprint density at radius 1 is 1.31 bits per heavy atom. The quantitative estimate of drug-likeness (QED) is 0.843. The van der Waals surface area contributed by atoms with Crippen molar-refractivity contribution in [3.63, 3.8) is 0 Å². The van der Waals surface area contributed by atoms with Gasteiger partial charge in [0, 0.05) is 0 Å². The molecular formula is C13H18O3. The van der Waals surface area contributed by atoms with E-state index < -0.39 is 0 Å². The molecular weight excluding hydrogens is 204 g/mol. The van der Waals surface area contributed by atoms with Crippen molar-refractivity contribution in [2.24, 2.45) is 0 Å². The SMILES string of the molecule is CC(C)Oc1ccc(C2(CO)COC2)cc1. The lowest BCUT2D eigenvalue weighted by Gasteiger charge is -2.40. The van der Waals surface area contributed by atoms with Gasteiger partial charge in [0.2, 0.25) is 0 Å². The standard InChI is InChI=1S/C13H18O3/c1-10(2)16-12-5-3-11(4-6-12)13(7-14)8-15-9-13/h3-6,10,14H,7-9H2,1-2H3. The first-order chi connectivity index (χ1) is 7.66. The molecule has 2 rings (SSSR count). The summed E-state index contributed by atoms with van der Waals surface area (Å²) in [5.74, 6) is 0.868. The van der Waals surface area contributed by atoms with E-state index in [1.54, 1.807) is 0 Å². The van der Waals surface area contributed by atoms with E-state index in [4.69, 9.17) is 9.47 Å². The molecule has 0 unspecified atom stereocenters. The highest BCUT2D eigenvalue weighted by Crippen LogP contribution is 2.32. The van der Waals surface area contributed by atoms with Gasteiger partial charge in [-0.05, 0) is 31.5 Å². The predicted octanol–water partition coefficient (Wildman–Crippen LogP) is 1.73. The van der Waals surface area contributed by atoms with E-state index >= 15 is 0 Å². The van der Waals surface area contributed by atoms with Crippen LogP contribution >= 0.6 is 0 Å². The molecule has 0 spiro atoms. The average Bonchev–Trinajstić information content (AvgIpc) is 2.19. The lowest BCUT2D eigenvalue weighted by molar-refractivity contribution is -0.0841. The Balaban J connectivity index is 2.12. The van der Waals surface area contributed by atoms with Gasteiger partial charge in [0.05, 0.1) is 31.3 Å². The largest absolute Gasteiger partial charge is 0.491 e. The van der Waals surface area contributed by atoms with Crippen LogP contribution in [0.3, 0.4) is 0 Å². The first kappa shape index (κ1) is 11.4. The van der Waals surface area contributed by atoms with Crippen molar-refractivity contribution in [2.75, 3.05) is 19.8 Å². The monoisotopic (exact) mass is 222 g/mol. The smallest absolute Gasteiger partial charge is 0.119 e. The Kier molecular flexibility index (Phi) is 3.17. The number of rotatable bonds is 4. The Morgan fingerprint density at radius 2 is 1.94 bits per heavy atom. The van der Waals surface area contributed by atoms with Crippen LogP contribution in [0, 0.1) is 0 Å². The van der Waals surface area contributed by atoms with Crippen molar-refractivity contribution in [2.45, 2.75) is 25.4 Å². The molecule has 1 heterocycles. The van der Waals surface area contributed by atoms with Crippen LogP contribution in [0.4, 0.5) is 0 Å². The van der Waals surface area contributed by atoms with Crippen LogP contribution in [0.2, 0.25) is 0 Å². The van der Waals surface area contributed by atoms with Gasteiger partial charge in [-0.25, -0.2) is 0 Å². The minimum Gasteiger partial charge on any atom is -0.491 e. The van der Waals surface area contributed by atoms with Crippen LogP contribution in [0.25, 0.3) is 0 Å². The first-order valence-electron chi connectivity index (χ1n) is 5.62. The molecule has 1 aromatic rings. The Hall–Kier alpha value is -1.06. The summed E-state index contributed by atoms with van der Waals surface area (Å²) in [6, 6.07) is 7.92. The van der Waals surface area contributed by atoms with E-state index in [0.717, 1.165) is 11.3 Å². The van der Waals surface area contributed by atoms with Gasteiger partial charge in [-0.2, -0.15) is 0 Å². The third-order valence-corrected chi connectivity index (χ3v) is 2.90. The highest BCUT2D eigenvalue weighted by atomic mass is 16.5. The molecule has 0 aromatic heterocycles. The first-order valence-corrected chi connectivity index (χ1v) is 5.62. The molecule has 88 valence electrons. The maximum absolute atomic E-state index is 9.39. The number of ether oxygens (including phenoxy) is 2. The molecule has 1 aliphatic rings. The molecule has 0 radical (unpaired) electrons. The Morgan fingerprint density at radius 3 is 2.31 bits per heavy atom. The van der Waals surface area contributed by atoms with Gasteiger partial charge in [-0.3, -0.25) is 0 Å². The molecule has 0 amide bonds. The van der Waals surface area contributed by atoms with E-state index in [-0.39, 0.29) is 18.1 Å². The fourth-order valence-electron chi connectivity index (χ4n) is 1.86. The van der Waals surface area contributed by atoms with Gasteiger partial charge in [0.1, 0.15) is 5.75 Å². The second kappa shape index (κ2) is 4.44. The summed E-state index contributed by atoms with van der Waals surface area (Å²) in [4.78, 5) is 0. The normalized spacial score (nSPS) is 18.2. The lowest BCUT2D eigenvalue weighted by atomic mass is 9.79. The number of aliphatic hydroxyl groups excluding tert-OH is 1. The molecule has 3 nitrogen and oxygen atoms in total. The van der Waals surface area contributed by atoms with Gasteiger partial charge >= 0.3 is 0 Å². The predicted molar refractivity (Wildman–Crippen MR) is 61.8 cm³/mol. The average molecular weight is 222 g/mol. The summed E-state index contributed by atoms with van der Waals surface area (Å²) in [5.41, 5.74) is 0.938. The molecule has 1 aromatic carbocycles. The summed E-state index contributed by atoms with van der Waals surface area (Å²) in [7, 11) is 0. The summed E-state index contributed by atoms with van der Waals surface area (Å²) >= 11 is 0. The lowest BCUT2D eigenvalue weighted by Crippen LogP contribution is -2.49. The van der Waals surface area contributed by atoms with Gasteiger partial charge in [0.25, 0.3) is 0 Å². The second-order valence-electron chi connectivity index (χ2n) is 4.62. The summed E-state index contributed by atoms with van der Waals surface area (Å²) in [6.45, 7) is 5.35. The van der Waals surface area contributed by atoms with Crippen LogP contribution in [0.1, 0.15) is 19.4 Å². The van der Waals surface area contributed by atoms with Crippen molar-refractivity contribution in [1.29, 1.82) is 0 Å². The number of hydrogen-bond acceptors (Lipinski definition) is 3. The molecule has 1 N–H and O–H groups in total. The third kappa shape index (κ3) is 2.06. The molecule has 1 saturated heterocycles. The zero-order valence-electron chi connectivity index (χ0n) is 9.77. The third-order valence-electron chi connectivity index (χ3n) is 2.90. The second-order valence-corrected chi connectivity index (χ2v) is 4.62. The van der Waals surface area contributed by atoms with Crippen molar-refractivity contribution >= 4 is 0 Å². The molecule has 0 atom stereocenters. The highest BCUT2D eigenvalue weighted by Gasteiger charge is 2.39. The van der Waals surface area contributed by atoms with Crippen LogP contribution in [-0.2, 0) is 10.2 Å². The summed E-state index contributed by atoms with van der Waals surface area (Å²) in [6.07, 6.45) is 0.185. The van der Waals surface area contributed by atoms with Crippen molar-refractivity contribution in [3.05, 3.63) is 29.8 Å². The molecule has 0 bridgehead atoms. The van der Waals surface area contributed by atoms with Crippen LogP contribution in [-0.4, -0.2) is 31.0 Å². The Bertz CT molecular complexity index is 333. The van der Waals surface area contributed by atoms with E-state index in [2.05, 4.69) is 0 Å².